The normalized spacial score (nSPS) is 19.6. The molecule has 1 aliphatic carbocycles. The fraction of sp³-hybridized carbons (Fsp3) is 0.500. The van der Waals surface area contributed by atoms with Crippen LogP contribution in [0, 0.1) is 0 Å². The van der Waals surface area contributed by atoms with Crippen LogP contribution in [0.5, 0.6) is 0 Å². The van der Waals surface area contributed by atoms with Gasteiger partial charge >= 0.3 is 0 Å². The molecule has 1 N–H and O–H groups in total. The fourth-order valence-corrected chi connectivity index (χ4v) is 3.25. The lowest BCUT2D eigenvalue weighted by molar-refractivity contribution is 0.376. The molecule has 0 amide bonds. The van der Waals surface area contributed by atoms with Crippen molar-refractivity contribution in [2.75, 3.05) is 20.6 Å². The van der Waals surface area contributed by atoms with Crippen LogP contribution in [0.3, 0.4) is 0 Å². The summed E-state index contributed by atoms with van der Waals surface area (Å²) in [6, 6.07) is 9.18. The molecular formula is C20H30N2. The molecule has 0 spiro atoms. The summed E-state index contributed by atoms with van der Waals surface area (Å²) in [4.78, 5) is 2.24. The van der Waals surface area contributed by atoms with Crippen LogP contribution >= 0.6 is 0 Å². The smallest absolute Gasteiger partial charge is 0.0299 e. The second kappa shape index (κ2) is 6.80. The summed E-state index contributed by atoms with van der Waals surface area (Å²) in [6.45, 7) is 9.93. The zero-order valence-corrected chi connectivity index (χ0v) is 14.9. The van der Waals surface area contributed by atoms with Crippen molar-refractivity contribution in [3.63, 3.8) is 0 Å². The number of rotatable bonds is 5. The van der Waals surface area contributed by atoms with Gasteiger partial charge in [0, 0.05) is 24.0 Å². The van der Waals surface area contributed by atoms with Gasteiger partial charge in [0.25, 0.3) is 0 Å². The van der Waals surface area contributed by atoms with E-state index in [-0.39, 0.29) is 5.54 Å². The molecule has 1 aromatic rings. The van der Waals surface area contributed by atoms with E-state index in [1.165, 1.54) is 16.7 Å². The third kappa shape index (κ3) is 4.31. The molecule has 2 atom stereocenters. The van der Waals surface area contributed by atoms with Crippen LogP contribution < -0.4 is 5.32 Å². The molecule has 2 nitrogen and oxygen atoms in total. The molecule has 0 aliphatic heterocycles. The summed E-state index contributed by atoms with van der Waals surface area (Å²) < 4.78 is 0. The highest BCUT2D eigenvalue weighted by molar-refractivity contribution is 5.46. The van der Waals surface area contributed by atoms with Crippen molar-refractivity contribution < 1.29 is 0 Å². The molecule has 2 rings (SSSR count). The average Bonchev–Trinajstić information content (AvgIpc) is 2.84. The molecule has 1 aromatic carbocycles. The predicted octanol–water partition coefficient (Wildman–Crippen LogP) is 4.28. The molecule has 2 heteroatoms. The molecule has 120 valence electrons. The van der Waals surface area contributed by atoms with Gasteiger partial charge in [-0.25, -0.2) is 0 Å². The Hall–Kier alpha value is -1.38. The number of nitrogens with one attached hydrogen (secondary N) is 1. The van der Waals surface area contributed by atoms with Crippen LogP contribution in [0.2, 0.25) is 0 Å². The van der Waals surface area contributed by atoms with E-state index in [4.69, 9.17) is 0 Å². The van der Waals surface area contributed by atoms with E-state index >= 15 is 0 Å². The van der Waals surface area contributed by atoms with Crippen LogP contribution in [0.15, 0.2) is 48.1 Å². The van der Waals surface area contributed by atoms with Crippen LogP contribution in [0.4, 0.5) is 0 Å². The Kier molecular flexibility index (Phi) is 5.25. The minimum absolute atomic E-state index is 0.111. The molecule has 0 radical (unpaired) electrons. The summed E-state index contributed by atoms with van der Waals surface area (Å²) in [6.07, 6.45) is 6.78. The van der Waals surface area contributed by atoms with Crippen molar-refractivity contribution in [2.24, 2.45) is 0 Å². The molecule has 22 heavy (non-hydrogen) atoms. The van der Waals surface area contributed by atoms with Gasteiger partial charge in [0.05, 0.1) is 0 Å². The maximum Gasteiger partial charge on any atom is 0.0299 e. The largest absolute Gasteiger partial charge is 0.306 e. The topological polar surface area (TPSA) is 15.3 Å². The lowest BCUT2D eigenvalue weighted by Crippen LogP contribution is -2.38. The Morgan fingerprint density at radius 3 is 2.50 bits per heavy atom. The van der Waals surface area contributed by atoms with Crippen molar-refractivity contribution in [1.29, 1.82) is 0 Å². The first kappa shape index (κ1) is 17.0. The molecular weight excluding hydrogens is 268 g/mol. The molecule has 0 fully saturated rings. The molecule has 0 saturated heterocycles. The third-order valence-corrected chi connectivity index (χ3v) is 3.96. The molecule has 0 saturated carbocycles. The summed E-state index contributed by atoms with van der Waals surface area (Å²) >= 11 is 0. The minimum Gasteiger partial charge on any atom is -0.306 e. The Morgan fingerprint density at radius 1 is 1.18 bits per heavy atom. The summed E-state index contributed by atoms with van der Waals surface area (Å²) in [5.41, 5.74) is 4.41. The van der Waals surface area contributed by atoms with Crippen molar-refractivity contribution >= 4 is 0 Å². The first-order valence-electron chi connectivity index (χ1n) is 8.16. The fourth-order valence-electron chi connectivity index (χ4n) is 3.25. The molecule has 1 aliphatic rings. The SMILES string of the molecule is CC(NC(C)(C)C)c1ccccc1C1C=CC=C1CN(C)C. The molecule has 0 heterocycles. The van der Waals surface area contributed by atoms with Crippen molar-refractivity contribution in [3.8, 4) is 0 Å². The van der Waals surface area contributed by atoms with E-state index in [1.54, 1.807) is 0 Å². The van der Waals surface area contributed by atoms with E-state index in [0.29, 0.717) is 12.0 Å². The van der Waals surface area contributed by atoms with Crippen molar-refractivity contribution in [1.82, 2.24) is 10.2 Å². The Morgan fingerprint density at radius 2 is 1.86 bits per heavy atom. The number of hydrogen-bond donors (Lipinski definition) is 1. The number of likely N-dealkylation sites (N-methyl/N-ethyl adjacent to an activating group) is 1. The van der Waals surface area contributed by atoms with Gasteiger partial charge in [-0.1, -0.05) is 42.5 Å². The number of benzene rings is 1. The van der Waals surface area contributed by atoms with Gasteiger partial charge in [-0.05, 0) is 58.5 Å². The lowest BCUT2D eigenvalue weighted by Gasteiger charge is -2.29. The zero-order valence-electron chi connectivity index (χ0n) is 14.9. The first-order chi connectivity index (χ1) is 10.3. The molecule has 2 unspecified atom stereocenters. The van der Waals surface area contributed by atoms with Gasteiger partial charge in [0.2, 0.25) is 0 Å². The Labute approximate surface area is 135 Å². The van der Waals surface area contributed by atoms with Crippen molar-refractivity contribution in [2.45, 2.75) is 45.2 Å². The van der Waals surface area contributed by atoms with Gasteiger partial charge < -0.3 is 10.2 Å². The van der Waals surface area contributed by atoms with Crippen LogP contribution in [-0.2, 0) is 0 Å². The highest BCUT2D eigenvalue weighted by atomic mass is 15.0. The maximum absolute atomic E-state index is 3.70. The molecule has 0 aromatic heterocycles. The number of nitrogens with zero attached hydrogens (tertiary/aromatic N) is 1. The first-order valence-corrected chi connectivity index (χ1v) is 8.16. The van der Waals surface area contributed by atoms with Crippen LogP contribution in [0.1, 0.15) is 50.8 Å². The van der Waals surface area contributed by atoms with Gasteiger partial charge in [-0.2, -0.15) is 0 Å². The van der Waals surface area contributed by atoms with E-state index in [0.717, 1.165) is 6.54 Å². The van der Waals surface area contributed by atoms with E-state index in [2.05, 4.69) is 94.5 Å². The summed E-state index contributed by atoms with van der Waals surface area (Å²) in [5, 5.41) is 3.70. The van der Waals surface area contributed by atoms with Crippen molar-refractivity contribution in [3.05, 3.63) is 59.2 Å². The van der Waals surface area contributed by atoms with E-state index in [1.807, 2.05) is 0 Å². The second-order valence-corrected chi connectivity index (χ2v) is 7.59. The Bertz CT molecular complexity index is 561. The van der Waals surface area contributed by atoms with Crippen LogP contribution in [-0.4, -0.2) is 31.1 Å². The maximum atomic E-state index is 3.70. The number of hydrogen-bond acceptors (Lipinski definition) is 2. The monoisotopic (exact) mass is 298 g/mol. The number of allylic oxidation sites excluding steroid dienone is 3. The second-order valence-electron chi connectivity index (χ2n) is 7.59. The minimum atomic E-state index is 0.111. The predicted molar refractivity (Wildman–Crippen MR) is 96.3 cm³/mol. The highest BCUT2D eigenvalue weighted by Crippen LogP contribution is 2.35. The quantitative estimate of drug-likeness (QED) is 0.873. The summed E-state index contributed by atoms with van der Waals surface area (Å²) in [5.74, 6) is 0.405. The van der Waals surface area contributed by atoms with Crippen LogP contribution in [0.25, 0.3) is 0 Å². The highest BCUT2D eigenvalue weighted by Gasteiger charge is 2.23. The third-order valence-electron chi connectivity index (χ3n) is 3.96. The lowest BCUT2D eigenvalue weighted by atomic mass is 9.87. The van der Waals surface area contributed by atoms with E-state index in [9.17, 15) is 0 Å². The molecule has 0 bridgehead atoms. The zero-order chi connectivity index (χ0) is 16.3. The van der Waals surface area contributed by atoms with Gasteiger partial charge in [0.15, 0.2) is 0 Å². The average molecular weight is 298 g/mol. The van der Waals surface area contributed by atoms with Gasteiger partial charge in [-0.3, -0.25) is 0 Å². The summed E-state index contributed by atoms with van der Waals surface area (Å²) in [7, 11) is 4.26. The van der Waals surface area contributed by atoms with Gasteiger partial charge in [-0.15, -0.1) is 0 Å². The Balaban J connectivity index is 2.29. The van der Waals surface area contributed by atoms with Gasteiger partial charge in [0.1, 0.15) is 0 Å². The standard InChI is InChI=1S/C20H30N2/c1-15(21-20(2,3)4)17-11-7-8-12-19(17)18-13-9-10-16(18)14-22(5)6/h7-13,15,18,21H,14H2,1-6H3. The van der Waals surface area contributed by atoms with E-state index < -0.39 is 0 Å².